The van der Waals surface area contributed by atoms with Gasteiger partial charge in [0.1, 0.15) is 0 Å². The van der Waals surface area contributed by atoms with Crippen LogP contribution in [-0.2, 0) is 0 Å². The number of aromatic nitrogens is 2. The fourth-order valence-corrected chi connectivity index (χ4v) is 3.10. The Balaban J connectivity index is 1.87. The molecular formula is C13H13BrClN3O. The van der Waals surface area contributed by atoms with Crippen molar-refractivity contribution < 1.29 is 4.52 Å². The molecule has 0 spiro atoms. The number of hydrogen-bond acceptors (Lipinski definition) is 4. The largest absolute Gasteiger partial charge is 0.334 e. The first-order valence-corrected chi connectivity index (χ1v) is 7.43. The normalized spacial score (nSPS) is 19.6. The van der Waals surface area contributed by atoms with Gasteiger partial charge in [-0.3, -0.25) is 0 Å². The quantitative estimate of drug-likeness (QED) is 0.897. The lowest BCUT2D eigenvalue weighted by Gasteiger charge is -2.19. The third-order valence-electron chi connectivity index (χ3n) is 3.17. The Hall–Kier alpha value is -0.910. The van der Waals surface area contributed by atoms with Gasteiger partial charge < -0.3 is 9.84 Å². The van der Waals surface area contributed by atoms with E-state index in [4.69, 9.17) is 16.1 Å². The predicted octanol–water partition coefficient (Wildman–Crippen LogP) is 3.97. The molecule has 1 aromatic carbocycles. The molecule has 2 heterocycles. The van der Waals surface area contributed by atoms with Crippen LogP contribution in [0, 0.1) is 0 Å². The zero-order valence-corrected chi connectivity index (χ0v) is 12.5. The molecule has 0 radical (unpaired) electrons. The summed E-state index contributed by atoms with van der Waals surface area (Å²) in [6.07, 6.45) is 3.46. The molecule has 19 heavy (non-hydrogen) atoms. The molecular weight excluding hydrogens is 330 g/mol. The Morgan fingerprint density at radius 3 is 2.95 bits per heavy atom. The van der Waals surface area contributed by atoms with E-state index in [1.807, 2.05) is 18.2 Å². The first-order chi connectivity index (χ1) is 9.22. The summed E-state index contributed by atoms with van der Waals surface area (Å²) in [7, 11) is 0. The summed E-state index contributed by atoms with van der Waals surface area (Å²) in [5.41, 5.74) is 0.828. The van der Waals surface area contributed by atoms with Gasteiger partial charge in [0.2, 0.25) is 0 Å². The number of piperidine rings is 1. The number of hydrogen-bond donors (Lipinski definition) is 1. The molecule has 2 aromatic rings. The topological polar surface area (TPSA) is 51.0 Å². The lowest BCUT2D eigenvalue weighted by molar-refractivity contribution is 0.367. The van der Waals surface area contributed by atoms with E-state index in [1.165, 1.54) is 12.8 Å². The molecule has 100 valence electrons. The minimum atomic E-state index is 0.203. The highest BCUT2D eigenvalue weighted by Crippen LogP contribution is 2.28. The van der Waals surface area contributed by atoms with Crippen molar-refractivity contribution in [1.82, 2.24) is 15.5 Å². The van der Waals surface area contributed by atoms with Crippen molar-refractivity contribution in [3.8, 4) is 11.5 Å². The predicted molar refractivity (Wildman–Crippen MR) is 77.0 cm³/mol. The monoisotopic (exact) mass is 341 g/mol. The Morgan fingerprint density at radius 1 is 1.32 bits per heavy atom. The number of halogens is 2. The summed E-state index contributed by atoms with van der Waals surface area (Å²) in [4.78, 5) is 4.47. The van der Waals surface area contributed by atoms with Crippen LogP contribution in [-0.4, -0.2) is 16.7 Å². The van der Waals surface area contributed by atoms with Crippen LogP contribution in [0.5, 0.6) is 0 Å². The smallest absolute Gasteiger partial charge is 0.258 e. The lowest BCUT2D eigenvalue weighted by atomic mass is 10.0. The van der Waals surface area contributed by atoms with Crippen molar-refractivity contribution in [3.63, 3.8) is 0 Å². The van der Waals surface area contributed by atoms with E-state index in [2.05, 4.69) is 31.4 Å². The van der Waals surface area contributed by atoms with Crippen LogP contribution >= 0.6 is 27.5 Å². The highest BCUT2D eigenvalue weighted by atomic mass is 79.9. The molecule has 6 heteroatoms. The van der Waals surface area contributed by atoms with Crippen LogP contribution in [0.4, 0.5) is 0 Å². The lowest BCUT2D eigenvalue weighted by Crippen LogP contribution is -2.27. The Bertz CT molecular complexity index is 561. The summed E-state index contributed by atoms with van der Waals surface area (Å²) in [5.74, 6) is 1.23. The number of benzene rings is 1. The molecule has 1 aromatic heterocycles. The van der Waals surface area contributed by atoms with Crippen molar-refractivity contribution in [2.24, 2.45) is 0 Å². The van der Waals surface area contributed by atoms with Crippen molar-refractivity contribution >= 4 is 27.5 Å². The maximum atomic E-state index is 6.02. The van der Waals surface area contributed by atoms with Crippen LogP contribution in [0.3, 0.4) is 0 Å². The van der Waals surface area contributed by atoms with E-state index < -0.39 is 0 Å². The van der Waals surface area contributed by atoms with E-state index in [0.29, 0.717) is 10.9 Å². The maximum Gasteiger partial charge on any atom is 0.258 e. The molecule has 0 saturated carbocycles. The molecule has 1 N–H and O–H groups in total. The Kier molecular flexibility index (Phi) is 3.86. The average Bonchev–Trinajstić information content (AvgIpc) is 2.88. The van der Waals surface area contributed by atoms with Crippen molar-refractivity contribution in [2.75, 3.05) is 6.54 Å². The number of nitrogens with zero attached hydrogens (tertiary/aromatic N) is 2. The summed E-state index contributed by atoms with van der Waals surface area (Å²) >= 11 is 9.43. The second-order valence-corrected chi connectivity index (χ2v) is 5.97. The SMILES string of the molecule is Clc1cc(Br)cc(-c2nc(C3CCCCN3)no2)c1. The minimum absolute atomic E-state index is 0.203. The van der Waals surface area contributed by atoms with Gasteiger partial charge in [0.25, 0.3) is 5.89 Å². The number of rotatable bonds is 2. The second kappa shape index (κ2) is 5.61. The highest BCUT2D eigenvalue weighted by molar-refractivity contribution is 9.10. The van der Waals surface area contributed by atoms with E-state index in [1.54, 1.807) is 0 Å². The third-order valence-corrected chi connectivity index (χ3v) is 3.85. The summed E-state index contributed by atoms with van der Waals surface area (Å²) in [6, 6.07) is 5.76. The van der Waals surface area contributed by atoms with Crippen LogP contribution in [0.15, 0.2) is 27.2 Å². The average molecular weight is 343 g/mol. The molecule has 1 unspecified atom stereocenters. The molecule has 4 nitrogen and oxygen atoms in total. The Labute approximate surface area is 124 Å². The van der Waals surface area contributed by atoms with Gasteiger partial charge in [0.05, 0.1) is 6.04 Å². The van der Waals surface area contributed by atoms with Gasteiger partial charge in [0, 0.05) is 15.1 Å². The molecule has 0 amide bonds. The number of nitrogens with one attached hydrogen (secondary N) is 1. The Morgan fingerprint density at radius 2 is 2.21 bits per heavy atom. The zero-order chi connectivity index (χ0) is 13.2. The van der Waals surface area contributed by atoms with Crippen molar-refractivity contribution in [2.45, 2.75) is 25.3 Å². The van der Waals surface area contributed by atoms with Crippen LogP contribution < -0.4 is 5.32 Å². The summed E-state index contributed by atoms with van der Waals surface area (Å²) in [6.45, 7) is 1.01. The molecule has 1 saturated heterocycles. The van der Waals surface area contributed by atoms with Crippen LogP contribution in [0.25, 0.3) is 11.5 Å². The highest BCUT2D eigenvalue weighted by Gasteiger charge is 2.20. The second-order valence-electron chi connectivity index (χ2n) is 4.62. The summed E-state index contributed by atoms with van der Waals surface area (Å²) < 4.78 is 6.23. The van der Waals surface area contributed by atoms with E-state index in [-0.39, 0.29) is 6.04 Å². The van der Waals surface area contributed by atoms with Gasteiger partial charge in [-0.1, -0.05) is 39.1 Å². The fourth-order valence-electron chi connectivity index (χ4n) is 2.24. The zero-order valence-electron chi connectivity index (χ0n) is 10.2. The molecule has 1 aliphatic heterocycles. The maximum absolute atomic E-state index is 6.02. The van der Waals surface area contributed by atoms with Gasteiger partial charge in [-0.05, 0) is 37.6 Å². The molecule has 1 aliphatic rings. The molecule has 0 aliphatic carbocycles. The van der Waals surface area contributed by atoms with E-state index in [9.17, 15) is 0 Å². The molecule has 1 atom stereocenters. The van der Waals surface area contributed by atoms with Gasteiger partial charge in [-0.2, -0.15) is 4.98 Å². The standard InChI is InChI=1S/C13H13BrClN3O/c14-9-5-8(6-10(15)7-9)13-17-12(18-19-13)11-3-1-2-4-16-11/h5-7,11,16H,1-4H2. The van der Waals surface area contributed by atoms with Gasteiger partial charge in [0.15, 0.2) is 5.82 Å². The molecule has 1 fully saturated rings. The summed E-state index contributed by atoms with van der Waals surface area (Å²) in [5, 5.41) is 8.11. The van der Waals surface area contributed by atoms with Crippen LogP contribution in [0.2, 0.25) is 5.02 Å². The van der Waals surface area contributed by atoms with Crippen molar-refractivity contribution in [1.29, 1.82) is 0 Å². The van der Waals surface area contributed by atoms with Gasteiger partial charge in [-0.15, -0.1) is 0 Å². The van der Waals surface area contributed by atoms with Gasteiger partial charge >= 0.3 is 0 Å². The van der Waals surface area contributed by atoms with Crippen LogP contribution in [0.1, 0.15) is 31.1 Å². The first-order valence-electron chi connectivity index (χ1n) is 6.26. The molecule has 3 rings (SSSR count). The fraction of sp³-hybridized carbons (Fsp3) is 0.385. The third kappa shape index (κ3) is 2.99. The van der Waals surface area contributed by atoms with Crippen molar-refractivity contribution in [3.05, 3.63) is 33.5 Å². The van der Waals surface area contributed by atoms with Gasteiger partial charge in [-0.25, -0.2) is 0 Å². The van der Waals surface area contributed by atoms with E-state index in [0.717, 1.165) is 28.8 Å². The minimum Gasteiger partial charge on any atom is -0.334 e. The van der Waals surface area contributed by atoms with E-state index >= 15 is 0 Å². The molecule has 0 bridgehead atoms. The first kappa shape index (κ1) is 13.1.